The monoisotopic (exact) mass is 408 g/mol. The van der Waals surface area contributed by atoms with Crippen molar-refractivity contribution in [1.29, 1.82) is 0 Å². The minimum absolute atomic E-state index is 0.0400. The van der Waals surface area contributed by atoms with Gasteiger partial charge in [0.1, 0.15) is 5.82 Å². The van der Waals surface area contributed by atoms with Crippen LogP contribution in [0.4, 0.5) is 10.1 Å². The van der Waals surface area contributed by atoms with Crippen LogP contribution < -0.4 is 5.32 Å². The molecule has 134 valence electrons. The molecular formula is C17H14ClFN4OS2. The molecule has 2 heterocycles. The van der Waals surface area contributed by atoms with E-state index >= 15 is 0 Å². The van der Waals surface area contributed by atoms with E-state index in [1.807, 2.05) is 22.1 Å². The molecule has 0 fully saturated rings. The van der Waals surface area contributed by atoms with E-state index in [2.05, 4.69) is 22.1 Å². The summed E-state index contributed by atoms with van der Waals surface area (Å²) in [7, 11) is 0. The maximum absolute atomic E-state index is 13.2. The maximum atomic E-state index is 13.2. The normalized spacial score (nSPS) is 10.7. The number of allylic oxidation sites excluding steroid dienone is 1. The molecule has 0 aliphatic carbocycles. The molecule has 26 heavy (non-hydrogen) atoms. The van der Waals surface area contributed by atoms with Crippen LogP contribution in [0.1, 0.15) is 0 Å². The SMILES string of the molecule is C=CCn1c(SCC(=O)Nc2ccc(F)c(Cl)c2)nnc1-c1cccs1. The molecule has 1 N–H and O–H groups in total. The van der Waals surface area contributed by atoms with Gasteiger partial charge in [-0.25, -0.2) is 4.39 Å². The fourth-order valence-electron chi connectivity index (χ4n) is 2.18. The molecular weight excluding hydrogens is 395 g/mol. The van der Waals surface area contributed by atoms with Gasteiger partial charge >= 0.3 is 0 Å². The first-order valence-electron chi connectivity index (χ1n) is 7.54. The van der Waals surface area contributed by atoms with E-state index in [4.69, 9.17) is 11.6 Å². The van der Waals surface area contributed by atoms with Crippen LogP contribution in [0.3, 0.4) is 0 Å². The fraction of sp³-hybridized carbons (Fsp3) is 0.118. The van der Waals surface area contributed by atoms with Gasteiger partial charge in [0.15, 0.2) is 11.0 Å². The lowest BCUT2D eigenvalue weighted by Crippen LogP contribution is -2.14. The number of benzene rings is 1. The Labute approximate surface area is 162 Å². The Hall–Kier alpha value is -2.16. The molecule has 0 aliphatic rings. The number of halogens is 2. The zero-order valence-corrected chi connectivity index (χ0v) is 15.9. The van der Waals surface area contributed by atoms with Crippen molar-refractivity contribution < 1.29 is 9.18 Å². The number of rotatable bonds is 7. The molecule has 9 heteroatoms. The summed E-state index contributed by atoms with van der Waals surface area (Å²) in [4.78, 5) is 13.1. The van der Waals surface area contributed by atoms with Crippen molar-refractivity contribution >= 4 is 46.3 Å². The molecule has 0 spiro atoms. The molecule has 0 saturated heterocycles. The van der Waals surface area contributed by atoms with Gasteiger partial charge in [-0.3, -0.25) is 9.36 Å². The van der Waals surface area contributed by atoms with Crippen LogP contribution in [-0.4, -0.2) is 26.4 Å². The van der Waals surface area contributed by atoms with Crippen molar-refractivity contribution in [2.45, 2.75) is 11.7 Å². The van der Waals surface area contributed by atoms with Gasteiger partial charge in [-0.05, 0) is 29.6 Å². The van der Waals surface area contributed by atoms with E-state index in [1.54, 1.807) is 17.4 Å². The van der Waals surface area contributed by atoms with Gasteiger partial charge in [-0.1, -0.05) is 35.5 Å². The van der Waals surface area contributed by atoms with Gasteiger partial charge in [0, 0.05) is 12.2 Å². The Bertz CT molecular complexity index is 927. The molecule has 0 bridgehead atoms. The highest BCUT2D eigenvalue weighted by Crippen LogP contribution is 2.27. The van der Waals surface area contributed by atoms with Crippen molar-refractivity contribution in [3.05, 3.63) is 59.2 Å². The molecule has 3 aromatic rings. The molecule has 1 aromatic carbocycles. The van der Waals surface area contributed by atoms with Crippen LogP contribution in [0.5, 0.6) is 0 Å². The summed E-state index contributed by atoms with van der Waals surface area (Å²) in [6, 6.07) is 7.95. The lowest BCUT2D eigenvalue weighted by atomic mass is 10.3. The number of hydrogen-bond acceptors (Lipinski definition) is 5. The number of thiophene rings is 1. The molecule has 0 aliphatic heterocycles. The fourth-order valence-corrected chi connectivity index (χ4v) is 3.82. The van der Waals surface area contributed by atoms with Gasteiger partial charge < -0.3 is 5.32 Å². The number of nitrogens with zero attached hydrogens (tertiary/aromatic N) is 3. The number of aromatic nitrogens is 3. The minimum Gasteiger partial charge on any atom is -0.325 e. The lowest BCUT2D eigenvalue weighted by Gasteiger charge is -2.08. The molecule has 0 radical (unpaired) electrons. The highest BCUT2D eigenvalue weighted by Gasteiger charge is 2.15. The first-order chi connectivity index (χ1) is 12.6. The van der Waals surface area contributed by atoms with E-state index in [0.717, 1.165) is 10.7 Å². The Morgan fingerprint density at radius 3 is 2.96 bits per heavy atom. The quantitative estimate of drug-likeness (QED) is 0.454. The number of amides is 1. The summed E-state index contributed by atoms with van der Waals surface area (Å²) >= 11 is 8.55. The average Bonchev–Trinajstić information content (AvgIpc) is 3.26. The summed E-state index contributed by atoms with van der Waals surface area (Å²) in [5, 5.41) is 13.6. The van der Waals surface area contributed by atoms with Gasteiger partial charge in [-0.2, -0.15) is 0 Å². The molecule has 5 nitrogen and oxygen atoms in total. The van der Waals surface area contributed by atoms with Crippen molar-refractivity contribution in [3.8, 4) is 10.7 Å². The molecule has 0 atom stereocenters. The van der Waals surface area contributed by atoms with E-state index in [-0.39, 0.29) is 16.7 Å². The van der Waals surface area contributed by atoms with Gasteiger partial charge in [0.2, 0.25) is 5.91 Å². The highest BCUT2D eigenvalue weighted by molar-refractivity contribution is 7.99. The third-order valence-corrected chi connectivity index (χ3v) is 5.43. The van der Waals surface area contributed by atoms with Gasteiger partial charge in [0.25, 0.3) is 0 Å². The molecule has 0 saturated carbocycles. The third kappa shape index (κ3) is 4.32. The number of carbonyl (C=O) groups excluding carboxylic acids is 1. The molecule has 0 unspecified atom stereocenters. The average molecular weight is 409 g/mol. The second-order valence-corrected chi connectivity index (χ2v) is 7.45. The predicted octanol–water partition coefficient (Wildman–Crippen LogP) is 4.72. The van der Waals surface area contributed by atoms with Crippen molar-refractivity contribution in [1.82, 2.24) is 14.8 Å². The van der Waals surface area contributed by atoms with E-state index in [1.165, 1.54) is 30.0 Å². The van der Waals surface area contributed by atoms with Crippen LogP contribution in [0.25, 0.3) is 10.7 Å². The third-order valence-electron chi connectivity index (χ3n) is 3.31. The first-order valence-corrected chi connectivity index (χ1v) is 9.78. The Morgan fingerprint density at radius 1 is 1.42 bits per heavy atom. The first kappa shape index (κ1) is 18.6. The zero-order chi connectivity index (χ0) is 18.5. The van der Waals surface area contributed by atoms with Crippen molar-refractivity contribution in [3.63, 3.8) is 0 Å². The van der Waals surface area contributed by atoms with Crippen LogP contribution in [-0.2, 0) is 11.3 Å². The van der Waals surface area contributed by atoms with Gasteiger partial charge in [-0.15, -0.1) is 28.1 Å². The van der Waals surface area contributed by atoms with Crippen LogP contribution in [0, 0.1) is 5.82 Å². The van der Waals surface area contributed by atoms with E-state index < -0.39 is 5.82 Å². The van der Waals surface area contributed by atoms with Crippen molar-refractivity contribution in [2.24, 2.45) is 0 Å². The van der Waals surface area contributed by atoms with Gasteiger partial charge in [0.05, 0.1) is 15.7 Å². The highest BCUT2D eigenvalue weighted by atomic mass is 35.5. The summed E-state index contributed by atoms with van der Waals surface area (Å²) in [6.45, 7) is 4.30. The van der Waals surface area contributed by atoms with Crippen molar-refractivity contribution in [2.75, 3.05) is 11.1 Å². The number of hydrogen-bond donors (Lipinski definition) is 1. The van der Waals surface area contributed by atoms with Crippen LogP contribution in [0.2, 0.25) is 5.02 Å². The molecule has 1 amide bonds. The predicted molar refractivity (Wildman–Crippen MR) is 104 cm³/mol. The lowest BCUT2D eigenvalue weighted by molar-refractivity contribution is -0.113. The second kappa shape index (κ2) is 8.48. The van der Waals surface area contributed by atoms with Crippen LogP contribution in [0.15, 0.2) is 53.5 Å². The second-order valence-electron chi connectivity index (χ2n) is 5.15. The standard InChI is InChI=1S/C17H14ClFN4OS2/c1-2-7-23-16(14-4-3-8-25-14)21-22-17(23)26-10-15(24)20-11-5-6-13(19)12(18)9-11/h2-6,8-9H,1,7,10H2,(H,20,24). The zero-order valence-electron chi connectivity index (χ0n) is 13.5. The van der Waals surface area contributed by atoms with Crippen LogP contribution >= 0.6 is 34.7 Å². The Balaban J connectivity index is 1.68. The van der Waals surface area contributed by atoms with E-state index in [9.17, 15) is 9.18 Å². The number of nitrogens with one attached hydrogen (secondary N) is 1. The Kier molecular flexibility index (Phi) is 6.08. The van der Waals surface area contributed by atoms with E-state index in [0.29, 0.717) is 17.4 Å². The summed E-state index contributed by atoms with van der Waals surface area (Å²) in [6.07, 6.45) is 1.76. The minimum atomic E-state index is -0.530. The largest absolute Gasteiger partial charge is 0.325 e. The summed E-state index contributed by atoms with van der Waals surface area (Å²) < 4.78 is 15.1. The topological polar surface area (TPSA) is 59.8 Å². The number of carbonyl (C=O) groups is 1. The molecule has 2 aromatic heterocycles. The Morgan fingerprint density at radius 2 is 2.27 bits per heavy atom. The summed E-state index contributed by atoms with van der Waals surface area (Å²) in [5.41, 5.74) is 0.439. The number of thioether (sulfide) groups is 1. The molecule has 3 rings (SSSR count). The summed E-state index contributed by atoms with van der Waals surface area (Å²) in [5.74, 6) is 0.101. The maximum Gasteiger partial charge on any atom is 0.234 e. The number of anilines is 1. The smallest absolute Gasteiger partial charge is 0.234 e.